The molecule has 0 bridgehead atoms. The van der Waals surface area contributed by atoms with Crippen LogP contribution in [-0.2, 0) is 9.59 Å². The van der Waals surface area contributed by atoms with Crippen molar-refractivity contribution in [1.29, 1.82) is 0 Å². The second kappa shape index (κ2) is 5.84. The molecule has 1 aromatic rings. The van der Waals surface area contributed by atoms with Crippen LogP contribution in [0, 0.1) is 6.92 Å². The first-order chi connectivity index (χ1) is 9.11. The van der Waals surface area contributed by atoms with Gasteiger partial charge in [-0.05, 0) is 31.5 Å². The largest absolute Gasteiger partial charge is 0.353 e. The maximum Gasteiger partial charge on any atom is 0.245 e. The number of hydrogen-bond donors (Lipinski definition) is 2. The molecule has 1 fully saturated rings. The third-order valence-corrected chi connectivity index (χ3v) is 3.21. The average molecular weight is 261 g/mol. The van der Waals surface area contributed by atoms with Crippen molar-refractivity contribution < 1.29 is 9.59 Å². The molecule has 19 heavy (non-hydrogen) atoms. The number of amides is 2. The van der Waals surface area contributed by atoms with Crippen LogP contribution in [0.1, 0.15) is 12.5 Å². The van der Waals surface area contributed by atoms with Gasteiger partial charge in [0.1, 0.15) is 6.04 Å². The lowest BCUT2D eigenvalue weighted by Gasteiger charge is -2.29. The minimum absolute atomic E-state index is 0.00639. The SMILES string of the molecule is CCN(C(=O)C1CNC(=O)CN1)c1cccc(C)c1. The summed E-state index contributed by atoms with van der Waals surface area (Å²) < 4.78 is 0. The zero-order valence-corrected chi connectivity index (χ0v) is 11.3. The highest BCUT2D eigenvalue weighted by Gasteiger charge is 2.27. The summed E-state index contributed by atoms with van der Waals surface area (Å²) in [6, 6.07) is 7.51. The predicted molar refractivity (Wildman–Crippen MR) is 74.0 cm³/mol. The van der Waals surface area contributed by atoms with E-state index in [4.69, 9.17) is 0 Å². The van der Waals surface area contributed by atoms with Crippen LogP contribution in [0.4, 0.5) is 5.69 Å². The molecule has 0 spiro atoms. The van der Waals surface area contributed by atoms with Crippen LogP contribution in [-0.4, -0.2) is 37.5 Å². The lowest BCUT2D eigenvalue weighted by Crippen LogP contribution is -2.58. The number of carbonyl (C=O) groups excluding carboxylic acids is 2. The Morgan fingerprint density at radius 3 is 2.84 bits per heavy atom. The summed E-state index contributed by atoms with van der Waals surface area (Å²) in [5, 5.41) is 5.67. The van der Waals surface area contributed by atoms with Crippen molar-refractivity contribution in [2.24, 2.45) is 0 Å². The summed E-state index contributed by atoms with van der Waals surface area (Å²) in [6.07, 6.45) is 0. The molecule has 5 nitrogen and oxygen atoms in total. The number of carbonyl (C=O) groups is 2. The van der Waals surface area contributed by atoms with Crippen molar-refractivity contribution in [2.75, 3.05) is 24.5 Å². The van der Waals surface area contributed by atoms with Gasteiger partial charge in [-0.1, -0.05) is 12.1 Å². The van der Waals surface area contributed by atoms with Gasteiger partial charge in [0.25, 0.3) is 0 Å². The number of aryl methyl sites for hydroxylation is 1. The molecule has 2 rings (SSSR count). The fraction of sp³-hybridized carbons (Fsp3) is 0.429. The Labute approximate surface area is 113 Å². The Hall–Kier alpha value is -1.88. The molecule has 1 aliphatic rings. The lowest BCUT2D eigenvalue weighted by molar-refractivity contribution is -0.125. The van der Waals surface area contributed by atoms with Gasteiger partial charge in [-0.25, -0.2) is 0 Å². The lowest BCUT2D eigenvalue weighted by atomic mass is 10.1. The minimum Gasteiger partial charge on any atom is -0.353 e. The van der Waals surface area contributed by atoms with Gasteiger partial charge in [0, 0.05) is 18.8 Å². The zero-order chi connectivity index (χ0) is 13.8. The second-order valence-electron chi connectivity index (χ2n) is 4.66. The summed E-state index contributed by atoms with van der Waals surface area (Å²) in [5.74, 6) is -0.0734. The number of likely N-dealkylation sites (N-methyl/N-ethyl adjacent to an activating group) is 1. The van der Waals surface area contributed by atoms with E-state index in [1.807, 2.05) is 38.1 Å². The molecule has 1 aromatic carbocycles. The van der Waals surface area contributed by atoms with Crippen LogP contribution < -0.4 is 15.5 Å². The average Bonchev–Trinajstić information content (AvgIpc) is 2.40. The molecule has 1 aliphatic heterocycles. The monoisotopic (exact) mass is 261 g/mol. The van der Waals surface area contributed by atoms with E-state index in [1.54, 1.807) is 4.90 Å². The smallest absolute Gasteiger partial charge is 0.245 e. The molecular formula is C14H19N3O2. The highest BCUT2D eigenvalue weighted by molar-refractivity contribution is 5.98. The first-order valence-corrected chi connectivity index (χ1v) is 6.50. The highest BCUT2D eigenvalue weighted by Crippen LogP contribution is 2.16. The third-order valence-electron chi connectivity index (χ3n) is 3.21. The number of benzene rings is 1. The molecule has 1 saturated heterocycles. The summed E-state index contributed by atoms with van der Waals surface area (Å²) in [7, 11) is 0. The molecule has 102 valence electrons. The van der Waals surface area contributed by atoms with Crippen LogP contribution in [0.5, 0.6) is 0 Å². The molecule has 2 N–H and O–H groups in total. The van der Waals surface area contributed by atoms with Crippen molar-refractivity contribution >= 4 is 17.5 Å². The van der Waals surface area contributed by atoms with Crippen molar-refractivity contribution in [1.82, 2.24) is 10.6 Å². The molecule has 0 aliphatic carbocycles. The van der Waals surface area contributed by atoms with E-state index < -0.39 is 0 Å². The van der Waals surface area contributed by atoms with Gasteiger partial charge in [0.15, 0.2) is 0 Å². The van der Waals surface area contributed by atoms with Gasteiger partial charge in [0.05, 0.1) is 6.54 Å². The normalized spacial score (nSPS) is 18.8. The Morgan fingerprint density at radius 1 is 1.47 bits per heavy atom. The van der Waals surface area contributed by atoms with Crippen LogP contribution in [0.15, 0.2) is 24.3 Å². The maximum atomic E-state index is 12.5. The molecule has 0 aromatic heterocycles. The van der Waals surface area contributed by atoms with E-state index in [2.05, 4.69) is 10.6 Å². The van der Waals surface area contributed by atoms with Gasteiger partial charge < -0.3 is 10.2 Å². The second-order valence-corrected chi connectivity index (χ2v) is 4.66. The van der Waals surface area contributed by atoms with Gasteiger partial charge >= 0.3 is 0 Å². The standard InChI is InChI=1S/C14H19N3O2/c1-3-17(11-6-4-5-10(2)7-11)14(19)12-8-16-13(18)9-15-12/h4-7,12,15H,3,8-9H2,1-2H3,(H,16,18). The Bertz CT molecular complexity index is 477. The highest BCUT2D eigenvalue weighted by atomic mass is 16.2. The maximum absolute atomic E-state index is 12.5. The molecule has 2 amide bonds. The van der Waals surface area contributed by atoms with Crippen LogP contribution in [0.2, 0.25) is 0 Å². The Morgan fingerprint density at radius 2 is 2.26 bits per heavy atom. The van der Waals surface area contributed by atoms with E-state index >= 15 is 0 Å². The molecule has 0 radical (unpaired) electrons. The Balaban J connectivity index is 2.13. The van der Waals surface area contributed by atoms with E-state index in [-0.39, 0.29) is 24.4 Å². The number of rotatable bonds is 3. The topological polar surface area (TPSA) is 61.4 Å². The number of nitrogens with one attached hydrogen (secondary N) is 2. The van der Waals surface area contributed by atoms with Crippen molar-refractivity contribution in [3.63, 3.8) is 0 Å². The Kier molecular flexibility index (Phi) is 4.16. The van der Waals surface area contributed by atoms with Crippen molar-refractivity contribution in [3.05, 3.63) is 29.8 Å². The molecule has 1 unspecified atom stereocenters. The van der Waals surface area contributed by atoms with E-state index in [1.165, 1.54) is 0 Å². The summed E-state index contributed by atoms with van der Waals surface area (Å²) in [4.78, 5) is 25.3. The third kappa shape index (κ3) is 3.12. The van der Waals surface area contributed by atoms with Crippen LogP contribution >= 0.6 is 0 Å². The first kappa shape index (κ1) is 13.5. The van der Waals surface area contributed by atoms with E-state index in [0.717, 1.165) is 11.3 Å². The summed E-state index contributed by atoms with van der Waals surface area (Å²) in [6.45, 7) is 5.10. The fourth-order valence-corrected chi connectivity index (χ4v) is 2.19. The fourth-order valence-electron chi connectivity index (χ4n) is 2.19. The van der Waals surface area contributed by atoms with Gasteiger partial charge in [-0.15, -0.1) is 0 Å². The minimum atomic E-state index is -0.349. The van der Waals surface area contributed by atoms with Crippen LogP contribution in [0.25, 0.3) is 0 Å². The molecular weight excluding hydrogens is 242 g/mol. The molecule has 0 saturated carbocycles. The predicted octanol–water partition coefficient (Wildman–Crippen LogP) is 0.436. The summed E-state index contributed by atoms with van der Waals surface area (Å²) in [5.41, 5.74) is 2.01. The van der Waals surface area contributed by atoms with Gasteiger partial charge in [-0.3, -0.25) is 14.9 Å². The first-order valence-electron chi connectivity index (χ1n) is 6.50. The zero-order valence-electron chi connectivity index (χ0n) is 11.3. The van der Waals surface area contributed by atoms with Crippen molar-refractivity contribution in [2.45, 2.75) is 19.9 Å². The number of piperazine rings is 1. The van der Waals surface area contributed by atoms with Gasteiger partial charge in [-0.2, -0.15) is 0 Å². The van der Waals surface area contributed by atoms with E-state index in [9.17, 15) is 9.59 Å². The van der Waals surface area contributed by atoms with E-state index in [0.29, 0.717) is 13.1 Å². The van der Waals surface area contributed by atoms with Crippen LogP contribution in [0.3, 0.4) is 0 Å². The number of nitrogens with zero attached hydrogens (tertiary/aromatic N) is 1. The van der Waals surface area contributed by atoms with Gasteiger partial charge in [0.2, 0.25) is 11.8 Å². The molecule has 5 heteroatoms. The van der Waals surface area contributed by atoms with Crippen molar-refractivity contribution in [3.8, 4) is 0 Å². The summed E-state index contributed by atoms with van der Waals surface area (Å²) >= 11 is 0. The number of hydrogen-bond acceptors (Lipinski definition) is 3. The quantitative estimate of drug-likeness (QED) is 0.830. The molecule has 1 atom stereocenters. The number of anilines is 1. The molecule has 1 heterocycles.